The van der Waals surface area contributed by atoms with Gasteiger partial charge in [0.15, 0.2) is 0 Å². The van der Waals surface area contributed by atoms with Crippen LogP contribution in [0.2, 0.25) is 0 Å². The van der Waals surface area contributed by atoms with Crippen LogP contribution in [0.4, 0.5) is 0 Å². The van der Waals surface area contributed by atoms with Crippen molar-refractivity contribution < 1.29 is 28.6 Å². The average molecular weight is 273 g/mol. The number of carbonyl (C=O) groups excluding carboxylic acids is 3. The van der Waals surface area contributed by atoms with Gasteiger partial charge in [-0.2, -0.15) is 0 Å². The molecule has 1 unspecified atom stereocenters. The highest BCUT2D eigenvalue weighted by molar-refractivity contribution is 5.81. The number of rotatable bonds is 5. The van der Waals surface area contributed by atoms with Crippen LogP contribution in [-0.4, -0.2) is 55.3 Å². The summed E-state index contributed by atoms with van der Waals surface area (Å²) in [5.74, 6) is -1.18. The first-order chi connectivity index (χ1) is 8.99. The first-order valence-corrected chi connectivity index (χ1v) is 6.21. The van der Waals surface area contributed by atoms with E-state index in [0.29, 0.717) is 26.3 Å². The lowest BCUT2D eigenvalue weighted by Gasteiger charge is -2.26. The third kappa shape index (κ3) is 6.19. The van der Waals surface area contributed by atoms with Crippen molar-refractivity contribution in [3.63, 3.8) is 0 Å². The molecule has 19 heavy (non-hydrogen) atoms. The zero-order valence-corrected chi connectivity index (χ0v) is 11.2. The van der Waals surface area contributed by atoms with Crippen LogP contribution in [0.1, 0.15) is 26.7 Å². The summed E-state index contributed by atoms with van der Waals surface area (Å²) in [6.45, 7) is 4.84. The van der Waals surface area contributed by atoms with Crippen molar-refractivity contribution in [2.24, 2.45) is 0 Å². The predicted octanol–water partition coefficient (Wildman–Crippen LogP) is 0.0777. The van der Waals surface area contributed by atoms with Gasteiger partial charge in [0.05, 0.1) is 19.6 Å². The van der Waals surface area contributed by atoms with E-state index in [-0.39, 0.29) is 18.7 Å². The Morgan fingerprint density at radius 3 is 2.37 bits per heavy atom. The van der Waals surface area contributed by atoms with Crippen molar-refractivity contribution in [1.29, 1.82) is 0 Å². The second kappa shape index (κ2) is 7.73. The summed E-state index contributed by atoms with van der Waals surface area (Å²) in [6.07, 6.45) is -0.864. The minimum Gasteiger partial charge on any atom is -0.426 e. The lowest BCUT2D eigenvalue weighted by molar-refractivity contribution is -0.183. The standard InChI is InChI=1S/C12H19NO6/c1-9(14)18-10(2)19-12(16)4-3-11(15)13-5-7-17-8-6-13/h10H,3-8H2,1-2H3. The molecule has 0 saturated carbocycles. The van der Waals surface area contributed by atoms with Crippen LogP contribution in [0.3, 0.4) is 0 Å². The van der Waals surface area contributed by atoms with E-state index in [2.05, 4.69) is 4.74 Å². The zero-order valence-electron chi connectivity index (χ0n) is 11.2. The van der Waals surface area contributed by atoms with Gasteiger partial charge in [-0.1, -0.05) is 0 Å². The number of carbonyl (C=O) groups is 3. The number of nitrogens with zero attached hydrogens (tertiary/aromatic N) is 1. The molecule has 108 valence electrons. The molecule has 1 amide bonds. The third-order valence-electron chi connectivity index (χ3n) is 2.54. The highest BCUT2D eigenvalue weighted by Crippen LogP contribution is 2.05. The summed E-state index contributed by atoms with van der Waals surface area (Å²) in [5, 5.41) is 0. The van der Waals surface area contributed by atoms with Crippen LogP contribution >= 0.6 is 0 Å². The molecule has 0 aromatic carbocycles. The molecule has 7 heteroatoms. The van der Waals surface area contributed by atoms with E-state index in [9.17, 15) is 14.4 Å². The quantitative estimate of drug-likeness (QED) is 0.521. The second-order valence-corrected chi connectivity index (χ2v) is 4.16. The molecule has 1 saturated heterocycles. The smallest absolute Gasteiger partial charge is 0.309 e. The van der Waals surface area contributed by atoms with E-state index in [1.807, 2.05) is 0 Å². The fourth-order valence-electron chi connectivity index (χ4n) is 1.68. The summed E-state index contributed by atoms with van der Waals surface area (Å²) in [7, 11) is 0. The Bertz CT molecular complexity index is 337. The van der Waals surface area contributed by atoms with Crippen LogP contribution in [0, 0.1) is 0 Å². The van der Waals surface area contributed by atoms with E-state index in [1.165, 1.54) is 13.8 Å². The van der Waals surface area contributed by atoms with Crippen molar-refractivity contribution in [2.75, 3.05) is 26.3 Å². The molecule has 0 bridgehead atoms. The van der Waals surface area contributed by atoms with Crippen LogP contribution in [-0.2, 0) is 28.6 Å². The Balaban J connectivity index is 2.21. The molecule has 0 aromatic rings. The predicted molar refractivity (Wildman–Crippen MR) is 64.0 cm³/mol. The molecular weight excluding hydrogens is 254 g/mol. The molecule has 1 atom stereocenters. The number of hydrogen-bond acceptors (Lipinski definition) is 6. The summed E-state index contributed by atoms with van der Waals surface area (Å²) >= 11 is 0. The molecule has 1 heterocycles. The molecular formula is C12H19NO6. The van der Waals surface area contributed by atoms with Gasteiger partial charge in [0.2, 0.25) is 12.2 Å². The van der Waals surface area contributed by atoms with Crippen molar-refractivity contribution in [3.8, 4) is 0 Å². The van der Waals surface area contributed by atoms with Crippen molar-refractivity contribution in [3.05, 3.63) is 0 Å². The molecule has 0 aromatic heterocycles. The van der Waals surface area contributed by atoms with Crippen molar-refractivity contribution >= 4 is 17.8 Å². The Labute approximate surface area is 111 Å². The summed E-state index contributed by atoms with van der Waals surface area (Å²) in [4.78, 5) is 35.4. The molecule has 1 aliphatic heterocycles. The largest absolute Gasteiger partial charge is 0.426 e. The minimum atomic E-state index is -0.927. The maximum Gasteiger partial charge on any atom is 0.309 e. The molecule has 0 N–H and O–H groups in total. The second-order valence-electron chi connectivity index (χ2n) is 4.16. The molecule has 0 aliphatic carbocycles. The van der Waals surface area contributed by atoms with Crippen LogP contribution in [0.5, 0.6) is 0 Å². The number of esters is 2. The van der Waals surface area contributed by atoms with Gasteiger partial charge >= 0.3 is 11.9 Å². The Kier molecular flexibility index (Phi) is 6.27. The van der Waals surface area contributed by atoms with E-state index in [0.717, 1.165) is 0 Å². The Morgan fingerprint density at radius 2 is 1.79 bits per heavy atom. The summed E-state index contributed by atoms with van der Waals surface area (Å²) < 4.78 is 14.6. The van der Waals surface area contributed by atoms with Crippen LogP contribution < -0.4 is 0 Å². The molecule has 1 rings (SSSR count). The zero-order chi connectivity index (χ0) is 14.3. The highest BCUT2D eigenvalue weighted by atomic mass is 16.7. The normalized spacial score (nSPS) is 16.6. The van der Waals surface area contributed by atoms with E-state index in [4.69, 9.17) is 9.47 Å². The Morgan fingerprint density at radius 1 is 1.16 bits per heavy atom. The number of ether oxygens (including phenoxy) is 3. The topological polar surface area (TPSA) is 82.1 Å². The lowest BCUT2D eigenvalue weighted by Crippen LogP contribution is -2.40. The number of hydrogen-bond donors (Lipinski definition) is 0. The average Bonchev–Trinajstić information content (AvgIpc) is 2.36. The van der Waals surface area contributed by atoms with Gasteiger partial charge in [-0.25, -0.2) is 0 Å². The van der Waals surface area contributed by atoms with Crippen LogP contribution in [0.15, 0.2) is 0 Å². The Hall–Kier alpha value is -1.63. The van der Waals surface area contributed by atoms with Gasteiger partial charge in [0, 0.05) is 33.4 Å². The van der Waals surface area contributed by atoms with Gasteiger partial charge in [-0.05, 0) is 0 Å². The van der Waals surface area contributed by atoms with Crippen LogP contribution in [0.25, 0.3) is 0 Å². The number of amides is 1. The molecule has 1 fully saturated rings. The summed E-state index contributed by atoms with van der Waals surface area (Å²) in [6, 6.07) is 0. The maximum absolute atomic E-state index is 11.7. The third-order valence-corrected chi connectivity index (χ3v) is 2.54. The fraction of sp³-hybridized carbons (Fsp3) is 0.750. The highest BCUT2D eigenvalue weighted by Gasteiger charge is 2.19. The van der Waals surface area contributed by atoms with Crippen molar-refractivity contribution in [1.82, 2.24) is 4.90 Å². The lowest BCUT2D eigenvalue weighted by atomic mass is 10.2. The first kappa shape index (κ1) is 15.4. The van der Waals surface area contributed by atoms with E-state index in [1.54, 1.807) is 4.90 Å². The molecule has 0 spiro atoms. The molecule has 1 aliphatic rings. The van der Waals surface area contributed by atoms with Crippen molar-refractivity contribution in [2.45, 2.75) is 33.0 Å². The van der Waals surface area contributed by atoms with E-state index >= 15 is 0 Å². The summed E-state index contributed by atoms with van der Waals surface area (Å²) in [5.41, 5.74) is 0. The van der Waals surface area contributed by atoms with E-state index < -0.39 is 18.2 Å². The molecule has 0 radical (unpaired) electrons. The monoisotopic (exact) mass is 273 g/mol. The van der Waals surface area contributed by atoms with Gasteiger partial charge in [0.25, 0.3) is 0 Å². The first-order valence-electron chi connectivity index (χ1n) is 6.21. The maximum atomic E-state index is 11.7. The SMILES string of the molecule is CC(=O)OC(C)OC(=O)CCC(=O)N1CCOCC1. The van der Waals surface area contributed by atoms with Gasteiger partial charge in [0.1, 0.15) is 0 Å². The number of morpholine rings is 1. The fourth-order valence-corrected chi connectivity index (χ4v) is 1.68. The minimum absolute atomic E-state index is 0.0260. The van der Waals surface area contributed by atoms with Gasteiger partial charge in [-0.3, -0.25) is 14.4 Å². The molecule has 7 nitrogen and oxygen atoms in total. The van der Waals surface area contributed by atoms with Gasteiger partial charge < -0.3 is 19.1 Å². The van der Waals surface area contributed by atoms with Gasteiger partial charge in [-0.15, -0.1) is 0 Å².